The van der Waals surface area contributed by atoms with Gasteiger partial charge in [0.05, 0.1) is 10.6 Å². The standard InChI is InChI=1S/C14H18Cl2N2O.ClH/c1-17-9-10-4-6-18(7-5-10)14(19)12-3-2-11(15)8-13(12)16;/h2-3,8,10,17H,4-7,9H2,1H3;1H. The Morgan fingerprint density at radius 2 is 2.00 bits per heavy atom. The predicted molar refractivity (Wildman–Crippen MR) is 86.3 cm³/mol. The highest BCUT2D eigenvalue weighted by Crippen LogP contribution is 2.24. The lowest BCUT2D eigenvalue weighted by atomic mass is 9.96. The molecule has 1 aliphatic heterocycles. The van der Waals surface area contributed by atoms with Crippen molar-refractivity contribution < 1.29 is 4.79 Å². The van der Waals surface area contributed by atoms with Crippen LogP contribution in [0.15, 0.2) is 18.2 Å². The second-order valence-corrected chi connectivity index (χ2v) is 5.76. The SMILES string of the molecule is CNCC1CCN(C(=O)c2ccc(Cl)cc2Cl)CC1.Cl. The van der Waals surface area contributed by atoms with Gasteiger partial charge in [0.1, 0.15) is 0 Å². The fourth-order valence-corrected chi connectivity index (χ4v) is 2.95. The van der Waals surface area contributed by atoms with Crippen LogP contribution in [0.2, 0.25) is 10.0 Å². The van der Waals surface area contributed by atoms with Gasteiger partial charge in [0.25, 0.3) is 5.91 Å². The van der Waals surface area contributed by atoms with Crippen molar-refractivity contribution in [3.63, 3.8) is 0 Å². The summed E-state index contributed by atoms with van der Waals surface area (Å²) >= 11 is 11.9. The number of nitrogens with zero attached hydrogens (tertiary/aromatic N) is 1. The Morgan fingerprint density at radius 3 is 2.55 bits per heavy atom. The molecular formula is C14H19Cl3N2O. The van der Waals surface area contributed by atoms with E-state index in [9.17, 15) is 4.79 Å². The number of hydrogen-bond donors (Lipinski definition) is 1. The molecular weight excluding hydrogens is 319 g/mol. The number of benzene rings is 1. The number of carbonyl (C=O) groups is 1. The maximum absolute atomic E-state index is 12.4. The first-order valence-electron chi connectivity index (χ1n) is 6.50. The van der Waals surface area contributed by atoms with Crippen LogP contribution in [0, 0.1) is 5.92 Å². The number of piperidine rings is 1. The quantitative estimate of drug-likeness (QED) is 0.915. The van der Waals surface area contributed by atoms with Crippen LogP contribution in [-0.2, 0) is 0 Å². The molecule has 1 aliphatic rings. The van der Waals surface area contributed by atoms with E-state index in [2.05, 4.69) is 5.32 Å². The summed E-state index contributed by atoms with van der Waals surface area (Å²) < 4.78 is 0. The Bertz CT molecular complexity index is 460. The molecule has 0 unspecified atom stereocenters. The third-order valence-electron chi connectivity index (χ3n) is 3.56. The lowest BCUT2D eigenvalue weighted by Crippen LogP contribution is -2.40. The molecule has 1 amide bonds. The van der Waals surface area contributed by atoms with E-state index < -0.39 is 0 Å². The summed E-state index contributed by atoms with van der Waals surface area (Å²) in [4.78, 5) is 14.3. The minimum atomic E-state index is 0. The Morgan fingerprint density at radius 1 is 1.35 bits per heavy atom. The normalized spacial score (nSPS) is 15.8. The first-order chi connectivity index (χ1) is 9.11. The smallest absolute Gasteiger partial charge is 0.255 e. The van der Waals surface area contributed by atoms with Crippen LogP contribution in [-0.4, -0.2) is 37.5 Å². The number of rotatable bonds is 3. The highest BCUT2D eigenvalue weighted by Gasteiger charge is 2.24. The third kappa shape index (κ3) is 4.26. The van der Waals surface area contributed by atoms with Crippen molar-refractivity contribution in [2.24, 2.45) is 5.92 Å². The van der Waals surface area contributed by atoms with E-state index >= 15 is 0 Å². The van der Waals surface area contributed by atoms with Gasteiger partial charge in [0.15, 0.2) is 0 Å². The van der Waals surface area contributed by atoms with E-state index in [1.165, 1.54) is 0 Å². The molecule has 6 heteroatoms. The number of hydrogen-bond acceptors (Lipinski definition) is 2. The zero-order valence-corrected chi connectivity index (χ0v) is 13.7. The molecule has 0 spiro atoms. The van der Waals surface area contributed by atoms with Gasteiger partial charge in [-0.05, 0) is 50.6 Å². The average molecular weight is 338 g/mol. The number of amides is 1. The van der Waals surface area contributed by atoms with Crippen molar-refractivity contribution in [3.8, 4) is 0 Å². The number of likely N-dealkylation sites (tertiary alicyclic amines) is 1. The minimum Gasteiger partial charge on any atom is -0.339 e. The van der Waals surface area contributed by atoms with Crippen LogP contribution in [0.1, 0.15) is 23.2 Å². The molecule has 0 saturated carbocycles. The van der Waals surface area contributed by atoms with Gasteiger partial charge in [-0.15, -0.1) is 12.4 Å². The van der Waals surface area contributed by atoms with Crippen LogP contribution in [0.4, 0.5) is 0 Å². The molecule has 2 rings (SSSR count). The van der Waals surface area contributed by atoms with Crippen molar-refractivity contribution in [1.29, 1.82) is 0 Å². The Balaban J connectivity index is 0.00000200. The molecule has 1 aromatic carbocycles. The highest BCUT2D eigenvalue weighted by molar-refractivity contribution is 6.36. The molecule has 1 fully saturated rings. The largest absolute Gasteiger partial charge is 0.339 e. The lowest BCUT2D eigenvalue weighted by molar-refractivity contribution is 0.0691. The molecule has 20 heavy (non-hydrogen) atoms. The molecule has 1 heterocycles. The highest BCUT2D eigenvalue weighted by atomic mass is 35.5. The zero-order valence-electron chi connectivity index (χ0n) is 11.4. The molecule has 112 valence electrons. The molecule has 1 saturated heterocycles. The second kappa shape index (κ2) is 8.08. The lowest BCUT2D eigenvalue weighted by Gasteiger charge is -2.32. The van der Waals surface area contributed by atoms with Gasteiger partial charge in [-0.1, -0.05) is 23.2 Å². The minimum absolute atomic E-state index is 0. The molecule has 0 radical (unpaired) electrons. The van der Waals surface area contributed by atoms with E-state index in [0.29, 0.717) is 21.5 Å². The van der Waals surface area contributed by atoms with Gasteiger partial charge < -0.3 is 10.2 Å². The summed E-state index contributed by atoms with van der Waals surface area (Å²) in [7, 11) is 1.96. The molecule has 0 bridgehead atoms. The molecule has 3 nitrogen and oxygen atoms in total. The summed E-state index contributed by atoms with van der Waals surface area (Å²) in [6.45, 7) is 2.61. The maximum atomic E-state index is 12.4. The second-order valence-electron chi connectivity index (χ2n) is 4.92. The van der Waals surface area contributed by atoms with Gasteiger partial charge >= 0.3 is 0 Å². The van der Waals surface area contributed by atoms with E-state index in [1.54, 1.807) is 18.2 Å². The van der Waals surface area contributed by atoms with Gasteiger partial charge in [-0.3, -0.25) is 4.79 Å². The molecule has 1 N–H and O–H groups in total. The Labute approximate surface area is 136 Å². The van der Waals surface area contributed by atoms with Crippen molar-refractivity contribution >= 4 is 41.5 Å². The van der Waals surface area contributed by atoms with Crippen LogP contribution < -0.4 is 5.32 Å². The predicted octanol–water partition coefficient (Wildman–Crippen LogP) is 3.49. The topological polar surface area (TPSA) is 32.3 Å². The van der Waals surface area contributed by atoms with E-state index in [0.717, 1.165) is 32.5 Å². The van der Waals surface area contributed by atoms with Crippen LogP contribution in [0.3, 0.4) is 0 Å². The Hall–Kier alpha value is -0.480. The molecule has 1 aromatic rings. The summed E-state index contributed by atoms with van der Waals surface area (Å²) in [6, 6.07) is 5.02. The molecule has 0 atom stereocenters. The van der Waals surface area contributed by atoms with Crippen LogP contribution in [0.5, 0.6) is 0 Å². The summed E-state index contributed by atoms with van der Waals surface area (Å²) in [6.07, 6.45) is 2.08. The van der Waals surface area contributed by atoms with Gasteiger partial charge in [-0.25, -0.2) is 0 Å². The first kappa shape index (κ1) is 17.6. The fourth-order valence-electron chi connectivity index (χ4n) is 2.46. The summed E-state index contributed by atoms with van der Waals surface area (Å²) in [5.74, 6) is 0.666. The summed E-state index contributed by atoms with van der Waals surface area (Å²) in [5, 5.41) is 4.17. The van der Waals surface area contributed by atoms with Gasteiger partial charge in [0.2, 0.25) is 0 Å². The molecule has 0 aromatic heterocycles. The first-order valence-corrected chi connectivity index (χ1v) is 7.26. The molecule has 0 aliphatic carbocycles. The van der Waals surface area contributed by atoms with Crippen LogP contribution >= 0.6 is 35.6 Å². The summed E-state index contributed by atoms with van der Waals surface area (Å²) in [5.41, 5.74) is 0.540. The van der Waals surface area contributed by atoms with E-state index in [-0.39, 0.29) is 18.3 Å². The van der Waals surface area contributed by atoms with Crippen molar-refractivity contribution in [1.82, 2.24) is 10.2 Å². The number of nitrogens with one attached hydrogen (secondary N) is 1. The maximum Gasteiger partial charge on any atom is 0.255 e. The van der Waals surface area contributed by atoms with Gasteiger partial charge in [-0.2, -0.15) is 0 Å². The zero-order chi connectivity index (χ0) is 13.8. The van der Waals surface area contributed by atoms with E-state index in [4.69, 9.17) is 23.2 Å². The number of carbonyl (C=O) groups excluding carboxylic acids is 1. The van der Waals surface area contributed by atoms with Gasteiger partial charge in [0, 0.05) is 18.1 Å². The average Bonchev–Trinajstić information content (AvgIpc) is 2.39. The van der Waals surface area contributed by atoms with E-state index in [1.807, 2.05) is 11.9 Å². The fraction of sp³-hybridized carbons (Fsp3) is 0.500. The van der Waals surface area contributed by atoms with Crippen molar-refractivity contribution in [2.45, 2.75) is 12.8 Å². The number of halogens is 3. The Kier molecular flexibility index (Phi) is 7.10. The van der Waals surface area contributed by atoms with Crippen LogP contribution in [0.25, 0.3) is 0 Å². The van der Waals surface area contributed by atoms with Crippen molar-refractivity contribution in [2.75, 3.05) is 26.7 Å². The third-order valence-corrected chi connectivity index (χ3v) is 4.10. The van der Waals surface area contributed by atoms with Crippen molar-refractivity contribution in [3.05, 3.63) is 33.8 Å². The monoisotopic (exact) mass is 336 g/mol.